The van der Waals surface area contributed by atoms with E-state index in [1.54, 1.807) is 0 Å². The first kappa shape index (κ1) is 16.7. The molecule has 0 N–H and O–H groups in total. The third-order valence-corrected chi connectivity index (χ3v) is 4.45. The van der Waals surface area contributed by atoms with Crippen molar-refractivity contribution in [2.24, 2.45) is 5.92 Å². The van der Waals surface area contributed by atoms with Gasteiger partial charge < -0.3 is 9.42 Å². The maximum Gasteiger partial charge on any atom is 0.272 e. The SMILES string of the molecule is CCn1nc(CC(C)C)cc1C(=O)N1CCCC1c1cc(C)no1. The van der Waals surface area contributed by atoms with E-state index in [1.807, 2.05) is 35.6 Å². The molecule has 1 aliphatic heterocycles. The van der Waals surface area contributed by atoms with E-state index in [4.69, 9.17) is 4.52 Å². The first-order chi connectivity index (χ1) is 11.5. The van der Waals surface area contributed by atoms with Crippen LogP contribution < -0.4 is 0 Å². The number of aromatic nitrogens is 3. The van der Waals surface area contributed by atoms with Crippen LogP contribution in [-0.2, 0) is 13.0 Å². The lowest BCUT2D eigenvalue weighted by Gasteiger charge is -2.22. The highest BCUT2D eigenvalue weighted by molar-refractivity contribution is 5.93. The molecule has 3 rings (SSSR count). The van der Waals surface area contributed by atoms with Gasteiger partial charge in [0.25, 0.3) is 5.91 Å². The fourth-order valence-electron chi connectivity index (χ4n) is 3.39. The topological polar surface area (TPSA) is 64.2 Å². The molecule has 0 saturated carbocycles. The number of carbonyl (C=O) groups is 1. The number of nitrogens with zero attached hydrogens (tertiary/aromatic N) is 4. The highest BCUT2D eigenvalue weighted by Crippen LogP contribution is 2.33. The Kier molecular flexibility index (Phi) is 4.73. The summed E-state index contributed by atoms with van der Waals surface area (Å²) in [6.45, 7) is 9.68. The van der Waals surface area contributed by atoms with Gasteiger partial charge in [-0.2, -0.15) is 5.10 Å². The van der Waals surface area contributed by atoms with Gasteiger partial charge >= 0.3 is 0 Å². The molecule has 0 spiro atoms. The van der Waals surface area contributed by atoms with Gasteiger partial charge in [-0.15, -0.1) is 0 Å². The van der Waals surface area contributed by atoms with E-state index in [2.05, 4.69) is 24.1 Å². The molecule has 0 aromatic carbocycles. The summed E-state index contributed by atoms with van der Waals surface area (Å²) < 4.78 is 7.23. The molecule has 1 aliphatic rings. The second-order valence-corrected chi connectivity index (χ2v) is 6.96. The Morgan fingerprint density at radius 2 is 2.21 bits per heavy atom. The van der Waals surface area contributed by atoms with E-state index < -0.39 is 0 Å². The van der Waals surface area contributed by atoms with Gasteiger partial charge in [0.05, 0.1) is 17.4 Å². The number of likely N-dealkylation sites (tertiary alicyclic amines) is 1. The number of hydrogen-bond acceptors (Lipinski definition) is 4. The van der Waals surface area contributed by atoms with Crippen molar-refractivity contribution in [3.63, 3.8) is 0 Å². The molecule has 0 bridgehead atoms. The standard InChI is InChI=1S/C18H26N4O2/c1-5-22-16(11-14(19-22)9-12(2)3)18(23)21-8-6-7-15(21)17-10-13(4)20-24-17/h10-12,15H,5-9H2,1-4H3. The van der Waals surface area contributed by atoms with Crippen LogP contribution in [0.1, 0.15) is 67.3 Å². The summed E-state index contributed by atoms with van der Waals surface area (Å²) in [5, 5.41) is 8.56. The van der Waals surface area contributed by atoms with Gasteiger partial charge in [-0.3, -0.25) is 9.48 Å². The molecule has 130 valence electrons. The van der Waals surface area contributed by atoms with Crippen LogP contribution in [0.5, 0.6) is 0 Å². The van der Waals surface area contributed by atoms with Gasteiger partial charge in [0, 0.05) is 19.2 Å². The van der Waals surface area contributed by atoms with E-state index in [9.17, 15) is 4.79 Å². The minimum absolute atomic E-state index is 0.0209. The summed E-state index contributed by atoms with van der Waals surface area (Å²) in [6.07, 6.45) is 2.78. The molecule has 0 aliphatic carbocycles. The van der Waals surface area contributed by atoms with Gasteiger partial charge in [-0.25, -0.2) is 0 Å². The summed E-state index contributed by atoms with van der Waals surface area (Å²) in [5.74, 6) is 1.34. The molecular weight excluding hydrogens is 304 g/mol. The van der Waals surface area contributed by atoms with Crippen molar-refractivity contribution < 1.29 is 9.32 Å². The second-order valence-electron chi connectivity index (χ2n) is 6.96. The van der Waals surface area contributed by atoms with Crippen LogP contribution in [0, 0.1) is 12.8 Å². The summed E-state index contributed by atoms with van der Waals surface area (Å²) >= 11 is 0. The normalized spacial score (nSPS) is 17.9. The van der Waals surface area contributed by atoms with Gasteiger partial charge in [0.1, 0.15) is 5.69 Å². The third-order valence-electron chi connectivity index (χ3n) is 4.45. The molecular formula is C18H26N4O2. The van der Waals surface area contributed by atoms with Gasteiger partial charge in [-0.1, -0.05) is 19.0 Å². The Bertz CT molecular complexity index is 716. The Morgan fingerprint density at radius 3 is 2.83 bits per heavy atom. The largest absolute Gasteiger partial charge is 0.359 e. The minimum atomic E-state index is -0.0209. The molecule has 24 heavy (non-hydrogen) atoms. The average Bonchev–Trinajstić information content (AvgIpc) is 3.24. The molecule has 1 fully saturated rings. The first-order valence-electron chi connectivity index (χ1n) is 8.80. The van der Waals surface area contributed by atoms with Crippen molar-refractivity contribution in [3.8, 4) is 0 Å². The maximum absolute atomic E-state index is 13.1. The molecule has 1 unspecified atom stereocenters. The highest BCUT2D eigenvalue weighted by atomic mass is 16.5. The minimum Gasteiger partial charge on any atom is -0.359 e. The molecule has 1 atom stereocenters. The van der Waals surface area contributed by atoms with E-state index >= 15 is 0 Å². The van der Waals surface area contributed by atoms with E-state index in [0.29, 0.717) is 18.2 Å². The first-order valence-corrected chi connectivity index (χ1v) is 8.80. The van der Waals surface area contributed by atoms with Gasteiger partial charge in [0.2, 0.25) is 0 Å². The van der Waals surface area contributed by atoms with E-state index in [-0.39, 0.29) is 11.9 Å². The number of aryl methyl sites for hydroxylation is 2. The van der Waals surface area contributed by atoms with Crippen molar-refractivity contribution >= 4 is 5.91 Å². The smallest absolute Gasteiger partial charge is 0.272 e. The number of rotatable bonds is 5. The Hall–Kier alpha value is -2.11. The fraction of sp³-hybridized carbons (Fsp3) is 0.611. The molecule has 1 amide bonds. The average molecular weight is 330 g/mol. The van der Waals surface area contributed by atoms with Crippen molar-refractivity contribution in [2.45, 2.75) is 59.5 Å². The monoisotopic (exact) mass is 330 g/mol. The predicted octanol–water partition coefficient (Wildman–Crippen LogP) is 3.38. The molecule has 1 saturated heterocycles. The van der Waals surface area contributed by atoms with Crippen molar-refractivity contribution in [1.82, 2.24) is 19.8 Å². The third kappa shape index (κ3) is 3.23. The van der Waals surface area contributed by atoms with E-state index in [0.717, 1.165) is 43.0 Å². The Morgan fingerprint density at radius 1 is 1.42 bits per heavy atom. The summed E-state index contributed by atoms with van der Waals surface area (Å²) in [4.78, 5) is 15.0. The quantitative estimate of drug-likeness (QED) is 0.843. The van der Waals surface area contributed by atoms with Crippen molar-refractivity contribution in [1.29, 1.82) is 0 Å². The van der Waals surface area contributed by atoms with Crippen LogP contribution in [-0.4, -0.2) is 32.3 Å². The molecule has 6 nitrogen and oxygen atoms in total. The summed E-state index contributed by atoms with van der Waals surface area (Å²) in [5.41, 5.74) is 2.51. The highest BCUT2D eigenvalue weighted by Gasteiger charge is 2.34. The van der Waals surface area contributed by atoms with Gasteiger partial charge in [-0.05, 0) is 45.1 Å². The summed E-state index contributed by atoms with van der Waals surface area (Å²) in [6, 6.07) is 3.86. The van der Waals surface area contributed by atoms with Gasteiger partial charge in [0.15, 0.2) is 5.76 Å². The molecule has 3 heterocycles. The van der Waals surface area contributed by atoms with Crippen LogP contribution in [0.2, 0.25) is 0 Å². The second kappa shape index (κ2) is 6.79. The number of amides is 1. The van der Waals surface area contributed by atoms with Crippen LogP contribution in [0.3, 0.4) is 0 Å². The maximum atomic E-state index is 13.1. The Balaban J connectivity index is 1.86. The summed E-state index contributed by atoms with van der Waals surface area (Å²) in [7, 11) is 0. The zero-order valence-electron chi connectivity index (χ0n) is 15.0. The number of hydrogen-bond donors (Lipinski definition) is 0. The fourth-order valence-corrected chi connectivity index (χ4v) is 3.39. The zero-order valence-corrected chi connectivity index (χ0v) is 15.0. The molecule has 2 aromatic rings. The molecule has 6 heteroatoms. The van der Waals surface area contributed by atoms with Crippen molar-refractivity contribution in [2.75, 3.05) is 6.54 Å². The van der Waals surface area contributed by atoms with Crippen LogP contribution in [0.15, 0.2) is 16.7 Å². The molecule has 2 aromatic heterocycles. The van der Waals surface area contributed by atoms with Crippen molar-refractivity contribution in [3.05, 3.63) is 35.0 Å². The lowest BCUT2D eigenvalue weighted by molar-refractivity contribution is 0.0702. The predicted molar refractivity (Wildman–Crippen MR) is 90.7 cm³/mol. The van der Waals surface area contributed by atoms with Crippen LogP contribution in [0.4, 0.5) is 0 Å². The lowest BCUT2D eigenvalue weighted by Crippen LogP contribution is -2.32. The van der Waals surface area contributed by atoms with Crippen LogP contribution >= 0.6 is 0 Å². The lowest BCUT2D eigenvalue weighted by atomic mass is 10.1. The number of carbonyl (C=O) groups excluding carboxylic acids is 1. The van der Waals surface area contributed by atoms with E-state index in [1.165, 1.54) is 0 Å². The van der Waals surface area contributed by atoms with Crippen LogP contribution in [0.25, 0.3) is 0 Å². The molecule has 0 radical (unpaired) electrons. The Labute approximate surface area is 142 Å². The zero-order chi connectivity index (χ0) is 17.3.